The van der Waals surface area contributed by atoms with E-state index < -0.39 is 0 Å². The van der Waals surface area contributed by atoms with Crippen molar-refractivity contribution in [3.8, 4) is 0 Å². The molecule has 48 valence electrons. The predicted molar refractivity (Wildman–Crippen MR) is 39.2 cm³/mol. The van der Waals surface area contributed by atoms with Crippen LogP contribution in [-0.2, 0) is 0 Å². The summed E-state index contributed by atoms with van der Waals surface area (Å²) < 4.78 is 0. The normalized spacial score (nSPS) is 9.89. The van der Waals surface area contributed by atoms with Crippen molar-refractivity contribution in [2.45, 2.75) is 6.92 Å². The maximum atomic E-state index is 8.15. The van der Waals surface area contributed by atoms with Crippen molar-refractivity contribution in [1.82, 2.24) is 0 Å². The van der Waals surface area contributed by atoms with Crippen molar-refractivity contribution in [2.24, 2.45) is 0 Å². The Labute approximate surface area is 55.3 Å². The quantitative estimate of drug-likeness (QED) is 0.338. The lowest BCUT2D eigenvalue weighted by Gasteiger charge is -1.66. The fourth-order valence-corrected chi connectivity index (χ4v) is 0.321. The van der Waals surface area contributed by atoms with Gasteiger partial charge in [0.2, 0.25) is 0 Å². The summed E-state index contributed by atoms with van der Waals surface area (Å²) in [5, 5.41) is 8.15. The van der Waals surface area contributed by atoms with Crippen LogP contribution in [0.15, 0.2) is 42.4 Å². The first-order valence-electron chi connectivity index (χ1n) is 2.75. The first-order valence-corrected chi connectivity index (χ1v) is 2.75. The highest BCUT2D eigenvalue weighted by molar-refractivity contribution is 5.09. The van der Waals surface area contributed by atoms with E-state index in [1.165, 1.54) is 6.08 Å². The van der Waals surface area contributed by atoms with Gasteiger partial charge in [-0.2, -0.15) is 0 Å². The third-order valence-corrected chi connectivity index (χ3v) is 0.667. The second-order valence-corrected chi connectivity index (χ2v) is 1.35. The number of hydrogen-bond donors (Lipinski definition) is 1. The largest absolute Gasteiger partial charge is 0.516 e. The summed E-state index contributed by atoms with van der Waals surface area (Å²) in [4.78, 5) is 0. The lowest BCUT2D eigenvalue weighted by molar-refractivity contribution is 0.474. The highest BCUT2D eigenvalue weighted by Gasteiger charge is 1.56. The average Bonchev–Trinajstić information content (AvgIpc) is 1.89. The lowest BCUT2D eigenvalue weighted by atomic mass is 10.4. The van der Waals surface area contributed by atoms with Gasteiger partial charge in [0, 0.05) is 0 Å². The zero-order chi connectivity index (χ0) is 6.95. The van der Waals surface area contributed by atoms with E-state index in [-0.39, 0.29) is 0 Å². The minimum Gasteiger partial charge on any atom is -0.516 e. The van der Waals surface area contributed by atoms with Gasteiger partial charge < -0.3 is 5.11 Å². The summed E-state index contributed by atoms with van der Waals surface area (Å²) in [6, 6.07) is 0. The number of allylic oxidation sites excluding steroid dienone is 4. The van der Waals surface area contributed by atoms with E-state index >= 15 is 0 Å². The van der Waals surface area contributed by atoms with E-state index in [4.69, 9.17) is 5.11 Å². The second-order valence-electron chi connectivity index (χ2n) is 1.35. The monoisotopic (exact) mass is 122 g/mol. The molecule has 9 heavy (non-hydrogen) atoms. The molecule has 0 radical (unpaired) electrons. The Morgan fingerprint density at radius 3 is 2.56 bits per heavy atom. The molecule has 0 atom stereocenters. The molecular formula is C8H10O. The van der Waals surface area contributed by atoms with E-state index in [1.807, 2.05) is 13.0 Å². The van der Waals surface area contributed by atoms with Gasteiger partial charge in [0.05, 0.1) is 6.26 Å². The first kappa shape index (κ1) is 7.80. The lowest BCUT2D eigenvalue weighted by Crippen LogP contribution is -1.48. The molecule has 0 heterocycles. The molecule has 0 saturated heterocycles. The molecule has 0 aromatic rings. The highest BCUT2D eigenvalue weighted by atomic mass is 16.2. The fourth-order valence-electron chi connectivity index (χ4n) is 0.321. The van der Waals surface area contributed by atoms with E-state index in [0.717, 1.165) is 6.26 Å². The van der Waals surface area contributed by atoms with Crippen LogP contribution in [0.3, 0.4) is 0 Å². The number of aliphatic hydroxyl groups is 1. The molecule has 0 fully saturated rings. The number of aliphatic hydroxyl groups excluding tert-OH is 1. The van der Waals surface area contributed by atoms with Crippen LogP contribution in [0.1, 0.15) is 6.92 Å². The predicted octanol–water partition coefficient (Wildman–Crippen LogP) is 2.35. The van der Waals surface area contributed by atoms with E-state index in [0.29, 0.717) is 0 Å². The van der Waals surface area contributed by atoms with Gasteiger partial charge >= 0.3 is 0 Å². The van der Waals surface area contributed by atoms with Crippen LogP contribution in [0.5, 0.6) is 0 Å². The van der Waals surface area contributed by atoms with Crippen molar-refractivity contribution in [2.75, 3.05) is 0 Å². The van der Waals surface area contributed by atoms with Crippen molar-refractivity contribution in [3.05, 3.63) is 42.4 Å². The molecule has 1 nitrogen and oxygen atoms in total. The fraction of sp³-hybridized carbons (Fsp3) is 0.125. The maximum Gasteiger partial charge on any atom is 0.0791 e. The topological polar surface area (TPSA) is 20.2 Å². The van der Waals surface area contributed by atoms with Crippen molar-refractivity contribution in [1.29, 1.82) is 0 Å². The molecule has 1 N–H and O–H groups in total. The number of hydrogen-bond acceptors (Lipinski definition) is 1. The van der Waals surface area contributed by atoms with Crippen LogP contribution in [0.25, 0.3) is 0 Å². The summed E-state index contributed by atoms with van der Waals surface area (Å²) in [7, 11) is 0. The molecular weight excluding hydrogens is 112 g/mol. The standard InChI is InChI=1S/C8H10O/c1-2-3-4-5-6-7-8-9/h2,4-9H,1H3/b6-5+,8-7+. The Hall–Kier alpha value is -1.20. The van der Waals surface area contributed by atoms with Crippen LogP contribution in [0, 0.1) is 0 Å². The summed E-state index contributed by atoms with van der Waals surface area (Å²) in [5.74, 6) is 0. The Kier molecular flexibility index (Phi) is 5.89. The van der Waals surface area contributed by atoms with Gasteiger partial charge in [-0.3, -0.25) is 0 Å². The van der Waals surface area contributed by atoms with Gasteiger partial charge in [-0.1, -0.05) is 12.2 Å². The van der Waals surface area contributed by atoms with Gasteiger partial charge in [0.1, 0.15) is 0 Å². The Bertz CT molecular complexity index is 157. The SMILES string of the molecule is CC=C=C/C=C/C=C/O. The molecule has 0 spiro atoms. The molecule has 1 heteroatoms. The zero-order valence-electron chi connectivity index (χ0n) is 5.41. The molecule has 0 bridgehead atoms. The summed E-state index contributed by atoms with van der Waals surface area (Å²) in [6.07, 6.45) is 9.60. The molecule has 0 saturated carbocycles. The van der Waals surface area contributed by atoms with Crippen molar-refractivity contribution in [3.63, 3.8) is 0 Å². The van der Waals surface area contributed by atoms with Gasteiger partial charge in [-0.05, 0) is 25.2 Å². The van der Waals surface area contributed by atoms with Crippen LogP contribution in [-0.4, -0.2) is 5.11 Å². The van der Waals surface area contributed by atoms with Gasteiger partial charge in [-0.15, -0.1) is 5.73 Å². The molecule has 0 amide bonds. The number of rotatable bonds is 2. The second kappa shape index (κ2) is 6.80. The third kappa shape index (κ3) is 6.80. The molecule has 0 aromatic carbocycles. The van der Waals surface area contributed by atoms with Crippen LogP contribution >= 0.6 is 0 Å². The molecule has 0 aliphatic carbocycles. The molecule has 0 aliphatic heterocycles. The minimum absolute atomic E-state index is 0.986. The van der Waals surface area contributed by atoms with E-state index in [9.17, 15) is 0 Å². The van der Waals surface area contributed by atoms with Gasteiger partial charge in [0.25, 0.3) is 0 Å². The first-order chi connectivity index (χ1) is 4.41. The van der Waals surface area contributed by atoms with E-state index in [1.54, 1.807) is 18.2 Å². The average molecular weight is 122 g/mol. The third-order valence-electron chi connectivity index (χ3n) is 0.667. The van der Waals surface area contributed by atoms with Crippen molar-refractivity contribution >= 4 is 0 Å². The zero-order valence-corrected chi connectivity index (χ0v) is 5.41. The Balaban J connectivity index is 3.60. The van der Waals surface area contributed by atoms with Crippen LogP contribution < -0.4 is 0 Å². The van der Waals surface area contributed by atoms with Gasteiger partial charge in [-0.25, -0.2) is 0 Å². The maximum absolute atomic E-state index is 8.15. The Morgan fingerprint density at radius 2 is 2.00 bits per heavy atom. The van der Waals surface area contributed by atoms with Crippen molar-refractivity contribution < 1.29 is 5.11 Å². The van der Waals surface area contributed by atoms with E-state index in [2.05, 4.69) is 5.73 Å². The van der Waals surface area contributed by atoms with Crippen LogP contribution in [0.2, 0.25) is 0 Å². The molecule has 0 rings (SSSR count). The smallest absolute Gasteiger partial charge is 0.0791 e. The Morgan fingerprint density at radius 1 is 1.22 bits per heavy atom. The molecule has 0 aliphatic rings. The summed E-state index contributed by atoms with van der Waals surface area (Å²) in [6.45, 7) is 1.90. The minimum atomic E-state index is 0.986. The highest BCUT2D eigenvalue weighted by Crippen LogP contribution is 1.75. The van der Waals surface area contributed by atoms with Crippen LogP contribution in [0.4, 0.5) is 0 Å². The summed E-state index contributed by atoms with van der Waals surface area (Å²) in [5.41, 5.74) is 2.85. The molecule has 0 unspecified atom stereocenters. The molecule has 0 aromatic heterocycles. The van der Waals surface area contributed by atoms with Gasteiger partial charge in [0.15, 0.2) is 0 Å². The summed E-state index contributed by atoms with van der Waals surface area (Å²) >= 11 is 0.